The summed E-state index contributed by atoms with van der Waals surface area (Å²) in [7, 11) is 0. The topological polar surface area (TPSA) is 67.2 Å². The van der Waals surface area contributed by atoms with Crippen molar-refractivity contribution in [1.29, 1.82) is 0 Å². The van der Waals surface area contributed by atoms with Crippen LogP contribution in [0.2, 0.25) is 0 Å². The fourth-order valence-electron chi connectivity index (χ4n) is 3.53. The predicted molar refractivity (Wildman–Crippen MR) is 103 cm³/mol. The number of halogens is 1. The van der Waals surface area contributed by atoms with Crippen molar-refractivity contribution in [1.82, 2.24) is 10.3 Å². The molecule has 1 saturated carbocycles. The number of nitrogens with one attached hydrogen (secondary N) is 2. The summed E-state index contributed by atoms with van der Waals surface area (Å²) in [6.07, 6.45) is 8.34. The molecule has 27 heavy (non-hydrogen) atoms. The molecule has 0 saturated heterocycles. The van der Waals surface area contributed by atoms with Gasteiger partial charge in [0.05, 0.1) is 11.6 Å². The molecule has 0 radical (unpaired) electrons. The molecule has 1 fully saturated rings. The first-order valence-corrected chi connectivity index (χ1v) is 9.41. The maximum atomic E-state index is 13.1. The number of rotatable bonds is 4. The van der Waals surface area contributed by atoms with Crippen LogP contribution in [0.1, 0.15) is 49.0 Å². The molecule has 0 atom stereocenters. The number of amides is 1. The Kier molecular flexibility index (Phi) is 5.05. The summed E-state index contributed by atoms with van der Waals surface area (Å²) in [5.41, 5.74) is 1.58. The molecule has 0 unspecified atom stereocenters. The monoisotopic (exact) mass is 367 g/mol. The molecule has 2 N–H and O–H groups in total. The molecule has 0 spiro atoms. The lowest BCUT2D eigenvalue weighted by molar-refractivity contribution is 0.0928. The van der Waals surface area contributed by atoms with Gasteiger partial charge in [0.1, 0.15) is 22.9 Å². The van der Waals surface area contributed by atoms with E-state index in [1.165, 1.54) is 25.0 Å². The highest BCUT2D eigenvalue weighted by Crippen LogP contribution is 2.27. The van der Waals surface area contributed by atoms with Crippen molar-refractivity contribution in [2.75, 3.05) is 5.32 Å². The number of fused-ring (bicyclic) bond motifs is 1. The van der Waals surface area contributed by atoms with E-state index in [-0.39, 0.29) is 17.8 Å². The summed E-state index contributed by atoms with van der Waals surface area (Å²) >= 11 is 0. The van der Waals surface area contributed by atoms with E-state index in [2.05, 4.69) is 15.6 Å². The van der Waals surface area contributed by atoms with Crippen molar-refractivity contribution in [2.45, 2.75) is 44.6 Å². The van der Waals surface area contributed by atoms with Crippen LogP contribution < -0.4 is 10.6 Å². The predicted octanol–water partition coefficient (Wildman–Crippen LogP) is 5.16. The van der Waals surface area contributed by atoms with Crippen LogP contribution in [0.5, 0.6) is 0 Å². The Hall–Kier alpha value is -2.89. The Morgan fingerprint density at radius 1 is 1.07 bits per heavy atom. The smallest absolute Gasteiger partial charge is 0.270 e. The summed E-state index contributed by atoms with van der Waals surface area (Å²) in [6.45, 7) is 0. The third-order valence-corrected chi connectivity index (χ3v) is 4.98. The number of pyridine rings is 1. The Morgan fingerprint density at radius 3 is 2.56 bits per heavy atom. The van der Waals surface area contributed by atoms with Crippen LogP contribution in [-0.4, -0.2) is 16.9 Å². The van der Waals surface area contributed by atoms with Crippen LogP contribution >= 0.6 is 0 Å². The van der Waals surface area contributed by atoms with Gasteiger partial charge in [-0.15, -0.1) is 0 Å². The van der Waals surface area contributed by atoms with Crippen LogP contribution in [0.3, 0.4) is 0 Å². The third-order valence-electron chi connectivity index (χ3n) is 4.98. The lowest BCUT2D eigenvalue weighted by Crippen LogP contribution is -2.34. The van der Waals surface area contributed by atoms with Gasteiger partial charge in [-0.25, -0.2) is 9.37 Å². The quantitative estimate of drug-likeness (QED) is 0.625. The van der Waals surface area contributed by atoms with Crippen LogP contribution in [0.4, 0.5) is 15.9 Å². The summed E-state index contributed by atoms with van der Waals surface area (Å²) in [6, 6.07) is 9.65. The van der Waals surface area contributed by atoms with Gasteiger partial charge in [-0.05, 0) is 43.2 Å². The van der Waals surface area contributed by atoms with E-state index in [1.54, 1.807) is 30.5 Å². The molecule has 1 aromatic carbocycles. The summed E-state index contributed by atoms with van der Waals surface area (Å²) in [5.74, 6) is 0.0136. The molecule has 5 nitrogen and oxygen atoms in total. The van der Waals surface area contributed by atoms with Crippen molar-refractivity contribution in [3.05, 3.63) is 54.2 Å². The fourth-order valence-corrected chi connectivity index (χ4v) is 3.53. The van der Waals surface area contributed by atoms with Gasteiger partial charge in [0, 0.05) is 17.8 Å². The second-order valence-electron chi connectivity index (χ2n) is 6.98. The van der Waals surface area contributed by atoms with Gasteiger partial charge in [-0.1, -0.05) is 25.7 Å². The number of benzene rings is 1. The average molecular weight is 367 g/mol. The highest BCUT2D eigenvalue weighted by Gasteiger charge is 2.19. The van der Waals surface area contributed by atoms with Gasteiger partial charge in [0.2, 0.25) is 0 Å². The molecule has 2 aromatic heterocycles. The molecule has 6 heteroatoms. The maximum Gasteiger partial charge on any atom is 0.270 e. The molecule has 1 aliphatic carbocycles. The van der Waals surface area contributed by atoms with E-state index in [0.29, 0.717) is 22.8 Å². The minimum atomic E-state index is -0.307. The van der Waals surface area contributed by atoms with Gasteiger partial charge in [-0.3, -0.25) is 4.79 Å². The Labute approximate surface area is 157 Å². The molecule has 1 amide bonds. The Bertz CT molecular complexity index is 928. The number of aromatic nitrogens is 1. The van der Waals surface area contributed by atoms with E-state index in [9.17, 15) is 9.18 Å². The van der Waals surface area contributed by atoms with Crippen molar-refractivity contribution < 1.29 is 13.6 Å². The minimum Gasteiger partial charge on any atom is -0.464 e. The first-order valence-electron chi connectivity index (χ1n) is 9.41. The van der Waals surface area contributed by atoms with Crippen molar-refractivity contribution in [3.63, 3.8) is 0 Å². The van der Waals surface area contributed by atoms with E-state index < -0.39 is 0 Å². The number of nitrogens with zero attached hydrogens (tertiary/aromatic N) is 1. The molecule has 4 rings (SSSR count). The number of carbonyl (C=O) groups is 1. The standard InChI is InChI=1S/C21H22FN3O2/c22-14-7-9-16(10-8-14)23-20-17-11-12-27-19(17)13-18(25-20)21(26)24-15-5-3-1-2-4-6-15/h7-13,15H,1-6H2,(H,23,25)(H,24,26). The lowest BCUT2D eigenvalue weighted by atomic mass is 10.1. The van der Waals surface area contributed by atoms with E-state index >= 15 is 0 Å². The zero-order valence-corrected chi connectivity index (χ0v) is 15.0. The zero-order chi connectivity index (χ0) is 18.6. The van der Waals surface area contributed by atoms with Gasteiger partial charge in [0.15, 0.2) is 0 Å². The largest absolute Gasteiger partial charge is 0.464 e. The molecule has 0 aliphatic heterocycles. The Morgan fingerprint density at radius 2 is 1.81 bits per heavy atom. The van der Waals surface area contributed by atoms with Crippen LogP contribution in [0.15, 0.2) is 47.1 Å². The Balaban J connectivity index is 1.59. The molecule has 140 valence electrons. The molecule has 1 aliphatic rings. The highest BCUT2D eigenvalue weighted by atomic mass is 19.1. The second kappa shape index (κ2) is 7.78. The molecule has 0 bridgehead atoms. The van der Waals surface area contributed by atoms with Crippen LogP contribution in [0, 0.1) is 5.82 Å². The number of hydrogen-bond acceptors (Lipinski definition) is 4. The first-order chi connectivity index (χ1) is 13.2. The lowest BCUT2D eigenvalue weighted by Gasteiger charge is -2.16. The van der Waals surface area contributed by atoms with E-state index in [1.807, 2.05) is 0 Å². The summed E-state index contributed by atoms with van der Waals surface area (Å²) < 4.78 is 18.6. The fraction of sp³-hybridized carbons (Fsp3) is 0.333. The third kappa shape index (κ3) is 4.10. The zero-order valence-electron chi connectivity index (χ0n) is 15.0. The van der Waals surface area contributed by atoms with Gasteiger partial charge >= 0.3 is 0 Å². The van der Waals surface area contributed by atoms with Crippen molar-refractivity contribution in [2.24, 2.45) is 0 Å². The number of anilines is 2. The van der Waals surface area contributed by atoms with Gasteiger partial charge in [-0.2, -0.15) is 0 Å². The van der Waals surface area contributed by atoms with Gasteiger partial charge < -0.3 is 15.1 Å². The average Bonchev–Trinajstić information content (AvgIpc) is 3.00. The summed E-state index contributed by atoms with van der Waals surface area (Å²) in [4.78, 5) is 17.3. The number of carbonyl (C=O) groups excluding carboxylic acids is 1. The maximum absolute atomic E-state index is 13.1. The molecular weight excluding hydrogens is 345 g/mol. The molecule has 2 heterocycles. The van der Waals surface area contributed by atoms with Crippen LogP contribution in [0.25, 0.3) is 11.0 Å². The van der Waals surface area contributed by atoms with Crippen molar-refractivity contribution >= 4 is 28.4 Å². The van der Waals surface area contributed by atoms with Gasteiger partial charge in [0.25, 0.3) is 5.91 Å². The highest BCUT2D eigenvalue weighted by molar-refractivity contribution is 5.99. The van der Waals surface area contributed by atoms with E-state index in [4.69, 9.17) is 4.42 Å². The number of hydrogen-bond donors (Lipinski definition) is 2. The minimum absolute atomic E-state index is 0.192. The normalized spacial score (nSPS) is 15.4. The van der Waals surface area contributed by atoms with Crippen molar-refractivity contribution in [3.8, 4) is 0 Å². The van der Waals surface area contributed by atoms with E-state index in [0.717, 1.165) is 31.1 Å². The molecular formula is C21H22FN3O2. The number of furan rings is 1. The summed E-state index contributed by atoms with van der Waals surface area (Å²) in [5, 5.41) is 7.03. The second-order valence-corrected chi connectivity index (χ2v) is 6.98. The molecule has 3 aromatic rings. The SMILES string of the molecule is O=C(NC1CCCCCC1)c1cc2occc2c(Nc2ccc(F)cc2)n1. The first kappa shape index (κ1) is 17.5. The van der Waals surface area contributed by atoms with Crippen LogP contribution in [-0.2, 0) is 0 Å².